The van der Waals surface area contributed by atoms with Crippen LogP contribution >= 0.6 is 27.3 Å². The SMILES string of the molecule is CN1CCN(c2ncc(-c3ccc(Br)s3)n3cnnc23)CC1. The van der Waals surface area contributed by atoms with Crippen molar-refractivity contribution in [2.24, 2.45) is 0 Å². The second-order valence-electron chi connectivity index (χ2n) is 5.39. The van der Waals surface area contributed by atoms with E-state index in [0.29, 0.717) is 0 Å². The molecule has 1 saturated heterocycles. The molecular formula is C14H15BrN6S. The Morgan fingerprint density at radius 3 is 2.73 bits per heavy atom. The van der Waals surface area contributed by atoms with E-state index in [9.17, 15) is 0 Å². The molecule has 0 aromatic carbocycles. The molecule has 3 aromatic rings. The van der Waals surface area contributed by atoms with Crippen LogP contribution in [0.1, 0.15) is 0 Å². The first-order chi connectivity index (χ1) is 10.7. The molecule has 0 bridgehead atoms. The molecule has 8 heteroatoms. The second kappa shape index (κ2) is 5.60. The molecule has 0 unspecified atom stereocenters. The van der Waals surface area contributed by atoms with Gasteiger partial charge in [-0.1, -0.05) is 0 Å². The van der Waals surface area contributed by atoms with E-state index in [1.165, 1.54) is 0 Å². The van der Waals surface area contributed by atoms with E-state index in [2.05, 4.69) is 54.0 Å². The van der Waals surface area contributed by atoms with Crippen LogP contribution in [0.4, 0.5) is 5.82 Å². The van der Waals surface area contributed by atoms with Gasteiger partial charge >= 0.3 is 0 Å². The van der Waals surface area contributed by atoms with E-state index in [-0.39, 0.29) is 0 Å². The van der Waals surface area contributed by atoms with Crippen molar-refractivity contribution in [3.63, 3.8) is 0 Å². The van der Waals surface area contributed by atoms with Gasteiger partial charge in [0, 0.05) is 26.2 Å². The Labute approximate surface area is 140 Å². The number of likely N-dealkylation sites (N-methyl/N-ethyl adjacent to an activating group) is 1. The first-order valence-corrected chi connectivity index (χ1v) is 8.71. The van der Waals surface area contributed by atoms with Gasteiger partial charge in [-0.2, -0.15) is 0 Å². The summed E-state index contributed by atoms with van der Waals surface area (Å²) in [6, 6.07) is 4.13. The van der Waals surface area contributed by atoms with E-state index in [1.54, 1.807) is 17.7 Å². The number of thiophene rings is 1. The van der Waals surface area contributed by atoms with Crippen molar-refractivity contribution in [1.29, 1.82) is 0 Å². The topological polar surface area (TPSA) is 49.6 Å². The normalized spacial score (nSPS) is 16.5. The molecule has 0 spiro atoms. The lowest BCUT2D eigenvalue weighted by molar-refractivity contribution is 0.312. The van der Waals surface area contributed by atoms with Gasteiger partial charge in [0.1, 0.15) is 6.33 Å². The quantitative estimate of drug-likeness (QED) is 0.684. The molecule has 0 aliphatic carbocycles. The standard InChI is InChI=1S/C14H15BrN6S/c1-19-4-6-20(7-5-19)13-14-18-17-9-21(14)10(8-16-13)11-2-3-12(15)22-11/h2-3,8-9H,4-7H2,1H3. The van der Waals surface area contributed by atoms with Crippen LogP contribution in [0, 0.1) is 0 Å². The fraction of sp³-hybridized carbons (Fsp3) is 0.357. The molecule has 1 fully saturated rings. The number of fused-ring (bicyclic) bond motifs is 1. The molecule has 6 nitrogen and oxygen atoms in total. The second-order valence-corrected chi connectivity index (χ2v) is 7.85. The van der Waals surface area contributed by atoms with Crippen LogP contribution in [0.15, 0.2) is 28.4 Å². The molecule has 4 rings (SSSR count). The van der Waals surface area contributed by atoms with Crippen molar-refractivity contribution >= 4 is 38.7 Å². The summed E-state index contributed by atoms with van der Waals surface area (Å²) in [5.41, 5.74) is 1.85. The van der Waals surface area contributed by atoms with Crippen LogP contribution in [-0.4, -0.2) is 57.7 Å². The van der Waals surface area contributed by atoms with Gasteiger partial charge in [-0.05, 0) is 35.1 Å². The molecule has 4 heterocycles. The number of hydrogen-bond donors (Lipinski definition) is 0. The monoisotopic (exact) mass is 378 g/mol. The summed E-state index contributed by atoms with van der Waals surface area (Å²) >= 11 is 5.19. The largest absolute Gasteiger partial charge is 0.351 e. The van der Waals surface area contributed by atoms with Gasteiger partial charge in [0.05, 0.1) is 20.6 Å². The Kier molecular flexibility index (Phi) is 3.59. The lowest BCUT2D eigenvalue weighted by atomic mass is 10.3. The zero-order valence-corrected chi connectivity index (χ0v) is 14.5. The van der Waals surface area contributed by atoms with Crippen molar-refractivity contribution in [1.82, 2.24) is 24.5 Å². The number of aromatic nitrogens is 4. The highest BCUT2D eigenvalue weighted by Crippen LogP contribution is 2.32. The van der Waals surface area contributed by atoms with Gasteiger partial charge in [0.15, 0.2) is 5.82 Å². The fourth-order valence-corrected chi connectivity index (χ4v) is 4.07. The Balaban J connectivity index is 1.78. The summed E-state index contributed by atoms with van der Waals surface area (Å²) < 4.78 is 3.13. The third-order valence-electron chi connectivity index (χ3n) is 3.94. The van der Waals surface area contributed by atoms with Crippen molar-refractivity contribution in [2.75, 3.05) is 38.1 Å². The molecule has 0 saturated carbocycles. The van der Waals surface area contributed by atoms with Crippen molar-refractivity contribution in [2.45, 2.75) is 0 Å². The third kappa shape index (κ3) is 2.41. The minimum Gasteiger partial charge on any atom is -0.351 e. The molecule has 0 N–H and O–H groups in total. The van der Waals surface area contributed by atoms with Gasteiger partial charge in [-0.15, -0.1) is 21.5 Å². The van der Waals surface area contributed by atoms with E-state index < -0.39 is 0 Å². The van der Waals surface area contributed by atoms with Gasteiger partial charge in [0.25, 0.3) is 0 Å². The van der Waals surface area contributed by atoms with Crippen LogP contribution < -0.4 is 4.90 Å². The minimum absolute atomic E-state index is 0.826. The summed E-state index contributed by atoms with van der Waals surface area (Å²) in [6.45, 7) is 4.02. The fourth-order valence-electron chi connectivity index (χ4n) is 2.68. The maximum absolute atomic E-state index is 4.69. The van der Waals surface area contributed by atoms with Crippen molar-refractivity contribution < 1.29 is 0 Å². The lowest BCUT2D eigenvalue weighted by Crippen LogP contribution is -2.45. The lowest BCUT2D eigenvalue weighted by Gasteiger charge is -2.33. The maximum atomic E-state index is 4.69. The molecule has 114 valence electrons. The van der Waals surface area contributed by atoms with Crippen molar-refractivity contribution in [3.8, 4) is 10.6 Å². The number of rotatable bonds is 2. The summed E-state index contributed by atoms with van der Waals surface area (Å²) in [6.07, 6.45) is 3.68. The minimum atomic E-state index is 0.826. The predicted molar refractivity (Wildman–Crippen MR) is 91.5 cm³/mol. The summed E-state index contributed by atoms with van der Waals surface area (Å²) in [5.74, 6) is 0.921. The van der Waals surface area contributed by atoms with E-state index in [0.717, 1.165) is 52.0 Å². The molecule has 22 heavy (non-hydrogen) atoms. The van der Waals surface area contributed by atoms with Gasteiger partial charge in [0.2, 0.25) is 5.65 Å². The molecule has 1 aliphatic heterocycles. The van der Waals surface area contributed by atoms with Crippen LogP contribution in [0.25, 0.3) is 16.2 Å². The van der Waals surface area contributed by atoms with Crippen LogP contribution in [0.3, 0.4) is 0 Å². The Hall–Kier alpha value is -1.51. The number of halogens is 1. The molecule has 0 atom stereocenters. The number of piperazine rings is 1. The van der Waals surface area contributed by atoms with Crippen LogP contribution in [-0.2, 0) is 0 Å². The smallest absolute Gasteiger partial charge is 0.204 e. The van der Waals surface area contributed by atoms with E-state index >= 15 is 0 Å². The highest BCUT2D eigenvalue weighted by molar-refractivity contribution is 9.11. The molecule has 0 radical (unpaired) electrons. The summed E-state index contributed by atoms with van der Waals surface area (Å²) in [4.78, 5) is 10.5. The summed E-state index contributed by atoms with van der Waals surface area (Å²) in [5, 5.41) is 8.39. The zero-order chi connectivity index (χ0) is 15.1. The zero-order valence-electron chi connectivity index (χ0n) is 12.1. The third-order valence-corrected chi connectivity index (χ3v) is 5.59. The first-order valence-electron chi connectivity index (χ1n) is 7.10. The average molecular weight is 379 g/mol. The number of hydrogen-bond acceptors (Lipinski definition) is 6. The van der Waals surface area contributed by atoms with Gasteiger partial charge in [-0.3, -0.25) is 4.40 Å². The van der Waals surface area contributed by atoms with Gasteiger partial charge < -0.3 is 9.80 Å². The number of nitrogens with zero attached hydrogens (tertiary/aromatic N) is 6. The van der Waals surface area contributed by atoms with Gasteiger partial charge in [-0.25, -0.2) is 4.98 Å². The Morgan fingerprint density at radius 1 is 1.18 bits per heavy atom. The van der Waals surface area contributed by atoms with Crippen molar-refractivity contribution in [3.05, 3.63) is 28.4 Å². The predicted octanol–water partition coefficient (Wildman–Crippen LogP) is 2.37. The maximum Gasteiger partial charge on any atom is 0.204 e. The molecule has 1 aliphatic rings. The van der Waals surface area contributed by atoms with E-state index in [4.69, 9.17) is 0 Å². The Bertz CT molecular complexity index is 805. The summed E-state index contributed by atoms with van der Waals surface area (Å²) in [7, 11) is 2.15. The molecular weight excluding hydrogens is 364 g/mol. The van der Waals surface area contributed by atoms with Crippen LogP contribution in [0.5, 0.6) is 0 Å². The molecule has 3 aromatic heterocycles. The Morgan fingerprint density at radius 2 is 2.00 bits per heavy atom. The first kappa shape index (κ1) is 14.1. The average Bonchev–Trinajstić information content (AvgIpc) is 3.16. The molecule has 0 amide bonds. The van der Waals surface area contributed by atoms with Crippen LogP contribution in [0.2, 0.25) is 0 Å². The van der Waals surface area contributed by atoms with E-state index in [1.807, 2.05) is 16.7 Å². The number of anilines is 1. The highest BCUT2D eigenvalue weighted by atomic mass is 79.9. The highest BCUT2D eigenvalue weighted by Gasteiger charge is 2.20.